The van der Waals surface area contributed by atoms with Crippen molar-refractivity contribution in [3.05, 3.63) is 75.3 Å². The first-order valence-electron chi connectivity index (χ1n) is 11.1. The van der Waals surface area contributed by atoms with Crippen LogP contribution in [0.5, 0.6) is 0 Å². The van der Waals surface area contributed by atoms with Gasteiger partial charge in [0.05, 0.1) is 23.7 Å². The summed E-state index contributed by atoms with van der Waals surface area (Å²) >= 11 is 1.41. The van der Waals surface area contributed by atoms with Crippen molar-refractivity contribution in [1.29, 1.82) is 0 Å². The zero-order valence-electron chi connectivity index (χ0n) is 18.7. The maximum absolute atomic E-state index is 13.4. The van der Waals surface area contributed by atoms with Gasteiger partial charge in [-0.2, -0.15) is 0 Å². The summed E-state index contributed by atoms with van der Waals surface area (Å²) < 4.78 is 7.88. The number of amides is 1. The number of hydrogen-bond acceptors (Lipinski definition) is 6. The van der Waals surface area contributed by atoms with E-state index in [4.69, 9.17) is 9.40 Å². The monoisotopic (exact) mass is 462 g/mol. The molecule has 170 valence electrons. The van der Waals surface area contributed by atoms with Crippen molar-refractivity contribution >= 4 is 33.4 Å². The quantitative estimate of drug-likeness (QED) is 0.481. The molecule has 8 heteroatoms. The molecule has 1 aliphatic rings. The Bertz CT molecular complexity index is 1350. The molecule has 7 nitrogen and oxygen atoms in total. The summed E-state index contributed by atoms with van der Waals surface area (Å²) in [6.07, 6.45) is 1.65. The molecule has 1 amide bonds. The maximum atomic E-state index is 13.4. The number of hydrogen-bond donors (Lipinski definition) is 1. The number of thiophene rings is 1. The lowest BCUT2D eigenvalue weighted by Crippen LogP contribution is -2.45. The second-order valence-electron chi connectivity index (χ2n) is 8.54. The second kappa shape index (κ2) is 8.86. The smallest absolute Gasteiger partial charge is 0.277 e. The number of nitrogens with zero attached hydrogens (tertiary/aromatic N) is 3. The van der Waals surface area contributed by atoms with Gasteiger partial charge in [-0.1, -0.05) is 17.7 Å². The molecule has 33 heavy (non-hydrogen) atoms. The van der Waals surface area contributed by atoms with Gasteiger partial charge in [0, 0.05) is 13.1 Å². The van der Waals surface area contributed by atoms with Crippen LogP contribution in [0.4, 0.5) is 5.95 Å². The van der Waals surface area contributed by atoms with Crippen LogP contribution in [0.3, 0.4) is 0 Å². The third kappa shape index (κ3) is 4.30. The highest BCUT2D eigenvalue weighted by Gasteiger charge is 2.29. The van der Waals surface area contributed by atoms with E-state index in [0.29, 0.717) is 29.3 Å². The number of carbonyl (C=O) groups excluding carboxylic acids is 1. The van der Waals surface area contributed by atoms with E-state index in [-0.39, 0.29) is 17.4 Å². The Balaban J connectivity index is 1.44. The van der Waals surface area contributed by atoms with Crippen molar-refractivity contribution in [2.75, 3.05) is 18.0 Å². The Morgan fingerprint density at radius 3 is 2.76 bits per heavy atom. The van der Waals surface area contributed by atoms with Crippen molar-refractivity contribution < 1.29 is 9.21 Å². The Morgan fingerprint density at radius 2 is 2.00 bits per heavy atom. The molecule has 1 fully saturated rings. The van der Waals surface area contributed by atoms with Gasteiger partial charge in [-0.05, 0) is 62.4 Å². The number of anilines is 1. The largest absolute Gasteiger partial charge is 0.465 e. The van der Waals surface area contributed by atoms with Crippen LogP contribution in [0.15, 0.2) is 57.1 Å². The average molecular weight is 463 g/mol. The number of rotatable bonds is 5. The number of furan rings is 1. The lowest BCUT2D eigenvalue weighted by Gasteiger charge is -2.34. The lowest BCUT2D eigenvalue weighted by atomic mass is 9.97. The Morgan fingerprint density at radius 1 is 1.18 bits per heavy atom. The van der Waals surface area contributed by atoms with Gasteiger partial charge in [-0.25, -0.2) is 9.55 Å². The SMILES string of the molecule is Cc1ccc(-n2c(N3CCC[C@H](C(=O)NCc4ccc(C)o4)C3)nc3ccsc3c2=O)cc1. The van der Waals surface area contributed by atoms with Crippen LogP contribution in [0.1, 0.15) is 29.9 Å². The van der Waals surface area contributed by atoms with E-state index in [9.17, 15) is 9.59 Å². The van der Waals surface area contributed by atoms with Crippen molar-refractivity contribution in [3.8, 4) is 5.69 Å². The average Bonchev–Trinajstić information content (AvgIpc) is 3.47. The number of carbonyl (C=O) groups is 1. The molecule has 1 N–H and O–H groups in total. The summed E-state index contributed by atoms with van der Waals surface area (Å²) in [6, 6.07) is 13.5. The minimum absolute atomic E-state index is 0.00500. The van der Waals surface area contributed by atoms with Gasteiger partial charge in [-0.3, -0.25) is 9.59 Å². The standard InChI is InChI=1S/C25H26N4O3S/c1-16-5-8-19(9-6-16)29-24(31)22-21(11-13-33-22)27-25(29)28-12-3-4-18(15-28)23(30)26-14-20-10-7-17(2)32-20/h5-11,13,18H,3-4,12,14-15H2,1-2H3,(H,26,30)/t18-/m0/s1. The molecule has 0 unspecified atom stereocenters. The number of aromatic nitrogens is 2. The van der Waals surface area contributed by atoms with Gasteiger partial charge in [0.1, 0.15) is 16.2 Å². The van der Waals surface area contributed by atoms with Crippen LogP contribution in [0, 0.1) is 19.8 Å². The van der Waals surface area contributed by atoms with Crippen molar-refractivity contribution in [2.45, 2.75) is 33.2 Å². The summed E-state index contributed by atoms with van der Waals surface area (Å²) in [5, 5.41) is 4.89. The first kappa shape index (κ1) is 21.5. The molecule has 0 bridgehead atoms. The highest BCUT2D eigenvalue weighted by atomic mass is 32.1. The van der Waals surface area contributed by atoms with Crippen molar-refractivity contribution in [2.24, 2.45) is 5.92 Å². The van der Waals surface area contributed by atoms with E-state index in [1.807, 2.05) is 61.7 Å². The fourth-order valence-corrected chi connectivity index (χ4v) is 5.07. The molecule has 1 aliphatic heterocycles. The molecule has 1 saturated heterocycles. The number of nitrogens with one attached hydrogen (secondary N) is 1. The van der Waals surface area contributed by atoms with Crippen molar-refractivity contribution in [3.63, 3.8) is 0 Å². The molecule has 0 saturated carbocycles. The van der Waals surface area contributed by atoms with Gasteiger partial charge < -0.3 is 14.6 Å². The fourth-order valence-electron chi connectivity index (χ4n) is 4.31. The molecular formula is C25H26N4O3S. The van der Waals surface area contributed by atoms with E-state index < -0.39 is 0 Å². The highest BCUT2D eigenvalue weighted by Crippen LogP contribution is 2.27. The Kier molecular flexibility index (Phi) is 5.76. The highest BCUT2D eigenvalue weighted by molar-refractivity contribution is 7.17. The number of benzene rings is 1. The summed E-state index contributed by atoms with van der Waals surface area (Å²) in [4.78, 5) is 33.3. The summed E-state index contributed by atoms with van der Waals surface area (Å²) in [7, 11) is 0. The minimum atomic E-state index is -0.184. The topological polar surface area (TPSA) is 80.4 Å². The normalized spacial score (nSPS) is 16.3. The van der Waals surface area contributed by atoms with Gasteiger partial charge in [0.2, 0.25) is 11.9 Å². The van der Waals surface area contributed by atoms with Crippen LogP contribution in [0.25, 0.3) is 15.9 Å². The molecule has 3 aromatic heterocycles. The molecule has 0 spiro atoms. The van der Waals surface area contributed by atoms with Crippen LogP contribution < -0.4 is 15.8 Å². The summed E-state index contributed by atoms with van der Waals surface area (Å²) in [5.41, 5.74) is 2.53. The summed E-state index contributed by atoms with van der Waals surface area (Å²) in [6.45, 7) is 5.53. The predicted octanol–water partition coefficient (Wildman–Crippen LogP) is 4.19. The van der Waals surface area contributed by atoms with Gasteiger partial charge in [0.25, 0.3) is 5.56 Å². The second-order valence-corrected chi connectivity index (χ2v) is 9.45. The molecule has 4 heterocycles. The third-order valence-corrected chi connectivity index (χ3v) is 6.95. The number of fused-ring (bicyclic) bond motifs is 1. The van der Waals surface area contributed by atoms with Crippen LogP contribution in [-0.2, 0) is 11.3 Å². The molecular weight excluding hydrogens is 436 g/mol. The van der Waals surface area contributed by atoms with E-state index in [0.717, 1.165) is 42.2 Å². The van der Waals surface area contributed by atoms with E-state index >= 15 is 0 Å². The van der Waals surface area contributed by atoms with Crippen LogP contribution in [-0.4, -0.2) is 28.5 Å². The lowest BCUT2D eigenvalue weighted by molar-refractivity contribution is -0.125. The van der Waals surface area contributed by atoms with Gasteiger partial charge in [0.15, 0.2) is 0 Å². The molecule has 1 aromatic carbocycles. The number of aryl methyl sites for hydroxylation is 2. The molecule has 5 rings (SSSR count). The van der Waals surface area contributed by atoms with Gasteiger partial charge >= 0.3 is 0 Å². The van der Waals surface area contributed by atoms with E-state index in [2.05, 4.69) is 10.2 Å². The zero-order chi connectivity index (χ0) is 22.9. The first-order chi connectivity index (χ1) is 16.0. The van der Waals surface area contributed by atoms with Crippen LogP contribution in [0.2, 0.25) is 0 Å². The fraction of sp³-hybridized carbons (Fsp3) is 0.320. The predicted molar refractivity (Wildman–Crippen MR) is 130 cm³/mol. The molecule has 0 aliphatic carbocycles. The number of piperidine rings is 1. The third-order valence-electron chi connectivity index (χ3n) is 6.06. The molecule has 1 atom stereocenters. The van der Waals surface area contributed by atoms with Crippen LogP contribution >= 0.6 is 11.3 Å². The van der Waals surface area contributed by atoms with Gasteiger partial charge in [-0.15, -0.1) is 11.3 Å². The minimum Gasteiger partial charge on any atom is -0.465 e. The Labute approximate surface area is 195 Å². The van der Waals surface area contributed by atoms with Crippen molar-refractivity contribution in [1.82, 2.24) is 14.9 Å². The maximum Gasteiger partial charge on any atom is 0.277 e. The zero-order valence-corrected chi connectivity index (χ0v) is 19.5. The molecule has 0 radical (unpaired) electrons. The van der Waals surface area contributed by atoms with E-state index in [1.54, 1.807) is 4.57 Å². The summed E-state index contributed by atoms with van der Waals surface area (Å²) in [5.74, 6) is 1.97. The Hall–Kier alpha value is -3.39. The first-order valence-corrected chi connectivity index (χ1v) is 12.0. The van der Waals surface area contributed by atoms with E-state index in [1.165, 1.54) is 11.3 Å². The molecule has 4 aromatic rings.